The number of methoxy groups -OCH3 is 1. The summed E-state index contributed by atoms with van der Waals surface area (Å²) in [7, 11) is 7.38. The van der Waals surface area contributed by atoms with Gasteiger partial charge in [0.2, 0.25) is 5.91 Å². The summed E-state index contributed by atoms with van der Waals surface area (Å²) >= 11 is 0. The molecule has 0 bridgehead atoms. The van der Waals surface area contributed by atoms with Crippen LogP contribution in [0.5, 0.6) is 5.75 Å². The number of nitrogens with zero attached hydrogens (tertiary/aromatic N) is 5. The summed E-state index contributed by atoms with van der Waals surface area (Å²) in [5.74, 6) is 1.68. The molecule has 0 unspecified atom stereocenters. The Kier molecular flexibility index (Phi) is 7.11. The molecule has 1 aliphatic rings. The number of rotatable bonds is 10. The van der Waals surface area contributed by atoms with E-state index in [1.165, 1.54) is 6.20 Å². The zero-order valence-electron chi connectivity index (χ0n) is 20.7. The number of carbonyl (C=O) groups is 2. The first-order valence-electron chi connectivity index (χ1n) is 11.6. The molecule has 0 radical (unpaired) electrons. The molecule has 2 aromatic heterocycles. The highest BCUT2D eigenvalue weighted by Crippen LogP contribution is 2.40. The predicted molar refractivity (Wildman–Crippen MR) is 134 cm³/mol. The van der Waals surface area contributed by atoms with Crippen molar-refractivity contribution in [3.8, 4) is 17.1 Å². The minimum atomic E-state index is -0.0624. The van der Waals surface area contributed by atoms with E-state index in [-0.39, 0.29) is 17.6 Å². The first kappa shape index (κ1) is 24.3. The number of anilines is 3. The number of para-hydroxylation sites is 1. The van der Waals surface area contributed by atoms with Crippen molar-refractivity contribution in [3.63, 3.8) is 0 Å². The lowest BCUT2D eigenvalue weighted by Crippen LogP contribution is -2.20. The number of carbonyl (C=O) groups excluding carboxylic acids is 2. The maximum absolute atomic E-state index is 12.7. The van der Waals surface area contributed by atoms with Crippen LogP contribution in [-0.4, -0.2) is 64.1 Å². The van der Waals surface area contributed by atoms with Gasteiger partial charge in [0.05, 0.1) is 29.6 Å². The normalized spacial score (nSPS) is 16.7. The molecule has 35 heavy (non-hydrogen) atoms. The number of aromatic nitrogens is 4. The van der Waals surface area contributed by atoms with Gasteiger partial charge >= 0.3 is 0 Å². The minimum Gasteiger partial charge on any atom is -0.494 e. The SMILES string of the molecule is CCC(=O)c1cnc(NC(=O)[C@@H]2C[C@H]2CN(C)C)cc1Nc1cccc(-c2ncn(C)n2)c1OC. The quantitative estimate of drug-likeness (QED) is 0.427. The van der Waals surface area contributed by atoms with E-state index in [2.05, 4.69) is 30.6 Å². The number of Topliss-reactive ketones (excluding diaryl/α,β-unsaturated/α-hetero) is 1. The molecule has 1 amide bonds. The summed E-state index contributed by atoms with van der Waals surface area (Å²) in [5.41, 5.74) is 2.32. The summed E-state index contributed by atoms with van der Waals surface area (Å²) in [6.45, 7) is 2.68. The minimum absolute atomic E-state index is 0.0183. The van der Waals surface area contributed by atoms with Crippen LogP contribution in [0.15, 0.2) is 36.8 Å². The van der Waals surface area contributed by atoms with Gasteiger partial charge in [-0.3, -0.25) is 14.3 Å². The van der Waals surface area contributed by atoms with Crippen LogP contribution in [0, 0.1) is 11.8 Å². The Hall–Kier alpha value is -3.79. The number of benzene rings is 1. The molecule has 4 rings (SSSR count). The van der Waals surface area contributed by atoms with Crippen molar-refractivity contribution in [3.05, 3.63) is 42.4 Å². The Labute approximate surface area is 204 Å². The van der Waals surface area contributed by atoms with E-state index in [0.29, 0.717) is 52.2 Å². The van der Waals surface area contributed by atoms with E-state index in [4.69, 9.17) is 4.74 Å². The third-order valence-corrected chi connectivity index (χ3v) is 5.96. The molecular formula is C25H31N7O3. The zero-order valence-corrected chi connectivity index (χ0v) is 20.7. The molecule has 184 valence electrons. The summed E-state index contributed by atoms with van der Waals surface area (Å²) in [6, 6.07) is 7.27. The fourth-order valence-electron chi connectivity index (χ4n) is 4.14. The van der Waals surface area contributed by atoms with Crippen LogP contribution >= 0.6 is 0 Å². The van der Waals surface area contributed by atoms with Crippen molar-refractivity contribution in [1.82, 2.24) is 24.6 Å². The Balaban J connectivity index is 1.62. The second-order valence-electron chi connectivity index (χ2n) is 9.00. The van der Waals surface area contributed by atoms with Crippen LogP contribution in [0.25, 0.3) is 11.4 Å². The number of ether oxygens (including phenoxy) is 1. The second-order valence-corrected chi connectivity index (χ2v) is 9.00. The highest BCUT2D eigenvalue weighted by molar-refractivity contribution is 6.03. The Morgan fingerprint density at radius 1 is 1.23 bits per heavy atom. The van der Waals surface area contributed by atoms with Gasteiger partial charge in [-0.1, -0.05) is 13.0 Å². The molecule has 0 aliphatic heterocycles. The predicted octanol–water partition coefficient (Wildman–Crippen LogP) is 3.36. The third-order valence-electron chi connectivity index (χ3n) is 5.96. The highest BCUT2D eigenvalue weighted by Gasteiger charge is 2.43. The van der Waals surface area contributed by atoms with Gasteiger partial charge in [0.15, 0.2) is 17.4 Å². The number of hydrogen-bond donors (Lipinski definition) is 2. The summed E-state index contributed by atoms with van der Waals surface area (Å²) in [4.78, 5) is 36.1. The van der Waals surface area contributed by atoms with Gasteiger partial charge in [-0.05, 0) is 38.6 Å². The number of aryl methyl sites for hydroxylation is 1. The lowest BCUT2D eigenvalue weighted by molar-refractivity contribution is -0.117. The molecule has 0 saturated heterocycles. The number of hydrogen-bond acceptors (Lipinski definition) is 8. The third kappa shape index (κ3) is 5.48. The van der Waals surface area contributed by atoms with Crippen LogP contribution in [0.4, 0.5) is 17.2 Å². The van der Waals surface area contributed by atoms with Gasteiger partial charge < -0.3 is 20.3 Å². The highest BCUT2D eigenvalue weighted by atomic mass is 16.5. The molecule has 1 fully saturated rings. The molecule has 1 aromatic carbocycles. The average Bonchev–Trinajstić information content (AvgIpc) is 3.46. The van der Waals surface area contributed by atoms with Crippen LogP contribution in [0.1, 0.15) is 30.1 Å². The van der Waals surface area contributed by atoms with E-state index in [0.717, 1.165) is 13.0 Å². The van der Waals surface area contributed by atoms with E-state index in [1.54, 1.807) is 38.2 Å². The maximum atomic E-state index is 12.7. The lowest BCUT2D eigenvalue weighted by Gasteiger charge is -2.17. The first-order chi connectivity index (χ1) is 16.8. The maximum Gasteiger partial charge on any atom is 0.228 e. The second kappa shape index (κ2) is 10.2. The summed E-state index contributed by atoms with van der Waals surface area (Å²) in [5, 5.41) is 10.6. The standard InChI is InChI=1S/C25H31N7O3/c1-6-21(33)18-12-26-22(29-25(34)17-10-15(17)13-31(2)3)11-20(18)28-19-9-7-8-16(23(19)35-5)24-27-14-32(4)30-24/h7-9,11-12,14-15,17H,6,10,13H2,1-5H3,(H2,26,28,29,34)/t15-,17+/m0/s1. The number of amides is 1. The van der Waals surface area contributed by atoms with E-state index >= 15 is 0 Å². The van der Waals surface area contributed by atoms with E-state index in [1.807, 2.05) is 32.3 Å². The lowest BCUT2D eigenvalue weighted by atomic mass is 10.1. The van der Waals surface area contributed by atoms with Crippen molar-refractivity contribution in [2.24, 2.45) is 18.9 Å². The average molecular weight is 478 g/mol. The van der Waals surface area contributed by atoms with E-state index < -0.39 is 0 Å². The molecule has 0 spiro atoms. The zero-order chi connectivity index (χ0) is 25.1. The van der Waals surface area contributed by atoms with Crippen molar-refractivity contribution < 1.29 is 14.3 Å². The van der Waals surface area contributed by atoms with Gasteiger partial charge in [-0.15, -0.1) is 0 Å². The Bertz CT molecular complexity index is 1240. The van der Waals surface area contributed by atoms with Crippen molar-refractivity contribution in [2.75, 3.05) is 38.4 Å². The van der Waals surface area contributed by atoms with Gasteiger partial charge in [0, 0.05) is 38.2 Å². The molecule has 1 aliphatic carbocycles. The molecule has 2 N–H and O–H groups in total. The van der Waals surface area contributed by atoms with Gasteiger partial charge in [-0.25, -0.2) is 9.97 Å². The van der Waals surface area contributed by atoms with E-state index in [9.17, 15) is 9.59 Å². The number of pyridine rings is 1. The fourth-order valence-corrected chi connectivity index (χ4v) is 4.14. The van der Waals surface area contributed by atoms with Crippen molar-refractivity contribution in [2.45, 2.75) is 19.8 Å². The van der Waals surface area contributed by atoms with Crippen molar-refractivity contribution in [1.29, 1.82) is 0 Å². The van der Waals surface area contributed by atoms with Crippen LogP contribution in [0.3, 0.4) is 0 Å². The van der Waals surface area contributed by atoms with Gasteiger partial charge in [0.25, 0.3) is 0 Å². The smallest absolute Gasteiger partial charge is 0.228 e. The monoisotopic (exact) mass is 477 g/mol. The first-order valence-corrected chi connectivity index (χ1v) is 11.6. The molecule has 2 heterocycles. The van der Waals surface area contributed by atoms with Crippen molar-refractivity contribution >= 4 is 28.9 Å². The van der Waals surface area contributed by atoms with Crippen LogP contribution in [-0.2, 0) is 11.8 Å². The summed E-state index contributed by atoms with van der Waals surface area (Å²) < 4.78 is 7.31. The molecule has 2 atom stereocenters. The summed E-state index contributed by atoms with van der Waals surface area (Å²) in [6.07, 6.45) is 4.32. The van der Waals surface area contributed by atoms with Gasteiger partial charge in [0.1, 0.15) is 12.1 Å². The largest absolute Gasteiger partial charge is 0.494 e. The number of nitrogens with one attached hydrogen (secondary N) is 2. The molecule has 3 aromatic rings. The Morgan fingerprint density at radius 2 is 2.03 bits per heavy atom. The Morgan fingerprint density at radius 3 is 2.69 bits per heavy atom. The molecule has 10 nitrogen and oxygen atoms in total. The van der Waals surface area contributed by atoms with Gasteiger partial charge in [-0.2, -0.15) is 5.10 Å². The number of ketones is 1. The molecule has 10 heteroatoms. The topological polar surface area (TPSA) is 114 Å². The molecule has 1 saturated carbocycles. The van der Waals surface area contributed by atoms with Crippen LogP contribution < -0.4 is 15.4 Å². The fraction of sp³-hybridized carbons (Fsp3) is 0.400. The van der Waals surface area contributed by atoms with Crippen LogP contribution in [0.2, 0.25) is 0 Å². The molecular weight excluding hydrogens is 446 g/mol.